The third-order valence-corrected chi connectivity index (χ3v) is 6.89. The molecule has 3 aromatic rings. The normalized spacial score (nSPS) is 15.0. The van der Waals surface area contributed by atoms with Crippen LogP contribution < -0.4 is 0 Å². The predicted octanol–water partition coefficient (Wildman–Crippen LogP) is 4.24. The molecule has 6 nitrogen and oxygen atoms in total. The van der Waals surface area contributed by atoms with Gasteiger partial charge in [-0.05, 0) is 32.8 Å². The van der Waals surface area contributed by atoms with E-state index in [1.54, 1.807) is 0 Å². The smallest absolute Gasteiger partial charge is 0.265 e. The van der Waals surface area contributed by atoms with Crippen LogP contribution in [0, 0.1) is 20.8 Å². The van der Waals surface area contributed by atoms with Crippen molar-refractivity contribution in [1.82, 2.24) is 19.8 Å². The van der Waals surface area contributed by atoms with Gasteiger partial charge in [0.25, 0.3) is 5.91 Å². The average molecular weight is 425 g/mol. The van der Waals surface area contributed by atoms with Crippen LogP contribution in [0.25, 0.3) is 10.6 Å². The van der Waals surface area contributed by atoms with Gasteiger partial charge in [-0.3, -0.25) is 9.69 Å². The topological polar surface area (TPSA) is 62.5 Å². The number of carbonyl (C=O) groups is 1. The number of piperazine rings is 1. The highest BCUT2D eigenvalue weighted by atomic mass is 32.1. The SMILES string of the molecule is CCc1ccc(-c2nc(C)c(C(=O)N3CCN(Cc4nc(C)c(C)o4)CC3)s2)cc1. The van der Waals surface area contributed by atoms with Crippen LogP contribution in [0.5, 0.6) is 0 Å². The number of rotatable bonds is 5. The molecule has 0 radical (unpaired) electrons. The Labute approximate surface area is 181 Å². The van der Waals surface area contributed by atoms with Crippen molar-refractivity contribution < 1.29 is 9.21 Å². The van der Waals surface area contributed by atoms with Gasteiger partial charge >= 0.3 is 0 Å². The number of carbonyl (C=O) groups excluding carboxylic acids is 1. The van der Waals surface area contributed by atoms with Crippen LogP contribution in [0.4, 0.5) is 0 Å². The summed E-state index contributed by atoms with van der Waals surface area (Å²) in [5.41, 5.74) is 4.13. The number of hydrogen-bond acceptors (Lipinski definition) is 6. The maximum atomic E-state index is 13.1. The van der Waals surface area contributed by atoms with Crippen molar-refractivity contribution in [3.63, 3.8) is 0 Å². The zero-order valence-corrected chi connectivity index (χ0v) is 18.9. The molecule has 0 saturated carbocycles. The average Bonchev–Trinajstić information content (AvgIpc) is 3.29. The largest absolute Gasteiger partial charge is 0.444 e. The van der Waals surface area contributed by atoms with Crippen LogP contribution in [0.2, 0.25) is 0 Å². The predicted molar refractivity (Wildman–Crippen MR) is 119 cm³/mol. The molecule has 0 spiro atoms. The van der Waals surface area contributed by atoms with E-state index in [1.165, 1.54) is 16.9 Å². The van der Waals surface area contributed by atoms with E-state index in [2.05, 4.69) is 46.1 Å². The van der Waals surface area contributed by atoms with E-state index in [-0.39, 0.29) is 5.91 Å². The first-order valence-electron chi connectivity index (χ1n) is 10.5. The van der Waals surface area contributed by atoms with E-state index in [4.69, 9.17) is 4.42 Å². The lowest BCUT2D eigenvalue weighted by Crippen LogP contribution is -2.48. The van der Waals surface area contributed by atoms with Gasteiger partial charge in [-0.1, -0.05) is 31.2 Å². The Morgan fingerprint density at radius 3 is 2.33 bits per heavy atom. The van der Waals surface area contributed by atoms with Crippen LogP contribution in [-0.4, -0.2) is 51.9 Å². The van der Waals surface area contributed by atoms with Gasteiger partial charge in [0.05, 0.1) is 17.9 Å². The molecule has 1 aliphatic rings. The summed E-state index contributed by atoms with van der Waals surface area (Å²) in [6.45, 7) is 11.7. The van der Waals surface area contributed by atoms with Gasteiger partial charge in [0.1, 0.15) is 15.6 Å². The summed E-state index contributed by atoms with van der Waals surface area (Å²) >= 11 is 1.49. The van der Waals surface area contributed by atoms with Crippen LogP contribution in [0.3, 0.4) is 0 Å². The molecule has 158 valence electrons. The summed E-state index contributed by atoms with van der Waals surface area (Å²) in [6.07, 6.45) is 1.02. The molecule has 2 aromatic heterocycles. The first-order chi connectivity index (χ1) is 14.4. The molecule has 1 fully saturated rings. The minimum Gasteiger partial charge on any atom is -0.444 e. The molecule has 0 atom stereocenters. The van der Waals surface area contributed by atoms with E-state index in [0.717, 1.165) is 58.0 Å². The minimum absolute atomic E-state index is 0.0869. The summed E-state index contributed by atoms with van der Waals surface area (Å²) < 4.78 is 5.70. The van der Waals surface area contributed by atoms with E-state index < -0.39 is 0 Å². The lowest BCUT2D eigenvalue weighted by molar-refractivity contribution is 0.0621. The molecular formula is C23H28N4O2S. The Morgan fingerprint density at radius 1 is 1.03 bits per heavy atom. The van der Waals surface area contributed by atoms with E-state index >= 15 is 0 Å². The number of thiazole rings is 1. The number of amides is 1. The minimum atomic E-state index is 0.0869. The Balaban J connectivity index is 1.39. The van der Waals surface area contributed by atoms with E-state index in [1.807, 2.05) is 25.7 Å². The number of nitrogens with zero attached hydrogens (tertiary/aromatic N) is 4. The second-order valence-corrected chi connectivity index (χ2v) is 8.80. The van der Waals surface area contributed by atoms with Crippen molar-refractivity contribution in [2.24, 2.45) is 0 Å². The molecular weight excluding hydrogens is 396 g/mol. The Bertz CT molecular complexity index is 1010. The van der Waals surface area contributed by atoms with Crippen molar-refractivity contribution in [2.45, 2.75) is 40.7 Å². The quantitative estimate of drug-likeness (QED) is 0.613. The van der Waals surface area contributed by atoms with E-state index in [9.17, 15) is 4.79 Å². The fourth-order valence-electron chi connectivity index (χ4n) is 3.65. The van der Waals surface area contributed by atoms with Crippen molar-refractivity contribution in [3.8, 4) is 10.6 Å². The maximum absolute atomic E-state index is 13.1. The van der Waals surface area contributed by atoms with Crippen molar-refractivity contribution >= 4 is 17.2 Å². The van der Waals surface area contributed by atoms with E-state index in [0.29, 0.717) is 19.6 Å². The standard InChI is InChI=1S/C23H28N4O2S/c1-5-18-6-8-19(9-7-18)22-25-16(3)21(30-22)23(28)27-12-10-26(11-13-27)14-20-24-15(2)17(4)29-20/h6-9H,5,10-14H2,1-4H3. The molecule has 0 unspecified atom stereocenters. The molecule has 7 heteroatoms. The summed E-state index contributed by atoms with van der Waals surface area (Å²) in [5, 5.41) is 0.909. The monoisotopic (exact) mass is 424 g/mol. The van der Waals surface area contributed by atoms with Crippen LogP contribution in [-0.2, 0) is 13.0 Å². The van der Waals surface area contributed by atoms with Crippen molar-refractivity contribution in [2.75, 3.05) is 26.2 Å². The second-order valence-electron chi connectivity index (χ2n) is 7.80. The summed E-state index contributed by atoms with van der Waals surface area (Å²) in [5.74, 6) is 1.71. The van der Waals surface area contributed by atoms with Crippen molar-refractivity contribution in [3.05, 3.63) is 57.7 Å². The molecule has 0 N–H and O–H groups in total. The molecule has 4 rings (SSSR count). The molecule has 0 aliphatic carbocycles. The number of oxazole rings is 1. The Morgan fingerprint density at radius 2 is 1.73 bits per heavy atom. The van der Waals surface area contributed by atoms with Crippen LogP contribution in [0.15, 0.2) is 28.7 Å². The molecule has 30 heavy (non-hydrogen) atoms. The van der Waals surface area contributed by atoms with Gasteiger partial charge in [0, 0.05) is 31.7 Å². The molecule has 1 aliphatic heterocycles. The van der Waals surface area contributed by atoms with Crippen LogP contribution in [0.1, 0.15) is 45.2 Å². The summed E-state index contributed by atoms with van der Waals surface area (Å²) in [7, 11) is 0. The van der Waals surface area contributed by atoms with Gasteiger partial charge in [-0.15, -0.1) is 11.3 Å². The third-order valence-electron chi connectivity index (χ3n) is 5.69. The lowest BCUT2D eigenvalue weighted by Gasteiger charge is -2.33. The number of benzene rings is 1. The highest BCUT2D eigenvalue weighted by Gasteiger charge is 2.26. The third kappa shape index (κ3) is 4.32. The van der Waals surface area contributed by atoms with Crippen molar-refractivity contribution in [1.29, 1.82) is 0 Å². The van der Waals surface area contributed by atoms with Crippen LogP contribution >= 0.6 is 11.3 Å². The molecule has 1 aromatic carbocycles. The fourth-order valence-corrected chi connectivity index (χ4v) is 4.69. The summed E-state index contributed by atoms with van der Waals surface area (Å²) in [6, 6.07) is 8.44. The molecule has 1 amide bonds. The summed E-state index contributed by atoms with van der Waals surface area (Å²) in [4.78, 5) is 27.2. The molecule has 1 saturated heterocycles. The molecule has 3 heterocycles. The second kappa shape index (κ2) is 8.70. The highest BCUT2D eigenvalue weighted by molar-refractivity contribution is 7.17. The maximum Gasteiger partial charge on any atom is 0.265 e. The Kier molecular flexibility index (Phi) is 6.01. The zero-order chi connectivity index (χ0) is 21.3. The first kappa shape index (κ1) is 20.8. The molecule has 0 bridgehead atoms. The fraction of sp³-hybridized carbons (Fsp3) is 0.435. The zero-order valence-electron chi connectivity index (χ0n) is 18.1. The number of aromatic nitrogens is 2. The lowest BCUT2D eigenvalue weighted by atomic mass is 10.1. The van der Waals surface area contributed by atoms with Gasteiger partial charge in [-0.2, -0.15) is 0 Å². The van der Waals surface area contributed by atoms with Gasteiger partial charge < -0.3 is 9.32 Å². The Hall–Kier alpha value is -2.51. The van der Waals surface area contributed by atoms with Gasteiger partial charge in [-0.25, -0.2) is 9.97 Å². The number of hydrogen-bond donors (Lipinski definition) is 0. The first-order valence-corrected chi connectivity index (χ1v) is 11.3. The number of aryl methyl sites for hydroxylation is 4. The highest BCUT2D eigenvalue weighted by Crippen LogP contribution is 2.29. The van der Waals surface area contributed by atoms with Gasteiger partial charge in [0.2, 0.25) is 5.89 Å². The van der Waals surface area contributed by atoms with Gasteiger partial charge in [0.15, 0.2) is 0 Å².